The third-order valence-electron chi connectivity index (χ3n) is 2.61. The highest BCUT2D eigenvalue weighted by atomic mass is 32.1. The van der Waals surface area contributed by atoms with E-state index in [2.05, 4.69) is 9.97 Å². The molecule has 0 amide bonds. The summed E-state index contributed by atoms with van der Waals surface area (Å²) in [7, 11) is 1.79. The summed E-state index contributed by atoms with van der Waals surface area (Å²) < 4.78 is 13.6. The van der Waals surface area contributed by atoms with Crippen LogP contribution in [0.4, 0.5) is 16.2 Å². The van der Waals surface area contributed by atoms with E-state index in [1.54, 1.807) is 23.3 Å². The van der Waals surface area contributed by atoms with E-state index in [-0.39, 0.29) is 17.8 Å². The quantitative estimate of drug-likeness (QED) is 0.911. The van der Waals surface area contributed by atoms with Crippen molar-refractivity contribution in [2.75, 3.05) is 17.7 Å². The van der Waals surface area contributed by atoms with Gasteiger partial charge in [0.05, 0.1) is 12.2 Å². The number of nitrogens with two attached hydrogens (primary N) is 1. The number of hydrogen-bond donors (Lipinski definition) is 1. The Balaban J connectivity index is 2.30. The van der Waals surface area contributed by atoms with Gasteiger partial charge in [-0.2, -0.15) is 4.98 Å². The van der Waals surface area contributed by atoms with E-state index >= 15 is 0 Å². The van der Waals surface area contributed by atoms with Gasteiger partial charge < -0.3 is 10.6 Å². The summed E-state index contributed by atoms with van der Waals surface area (Å²) in [6.45, 7) is 1.99. The van der Waals surface area contributed by atoms with Crippen molar-refractivity contribution in [3.63, 3.8) is 0 Å². The molecule has 2 aromatic rings. The minimum atomic E-state index is -0.467. The van der Waals surface area contributed by atoms with Crippen molar-refractivity contribution < 1.29 is 4.39 Å². The van der Waals surface area contributed by atoms with Crippen molar-refractivity contribution in [2.24, 2.45) is 0 Å². The fourth-order valence-electron chi connectivity index (χ4n) is 1.52. The Hall–Kier alpha value is -1.69. The fraction of sp³-hybridized carbons (Fsp3) is 0.273. The van der Waals surface area contributed by atoms with Crippen molar-refractivity contribution in [1.29, 1.82) is 0 Å². The third kappa shape index (κ3) is 2.36. The summed E-state index contributed by atoms with van der Waals surface area (Å²) >= 11 is 1.63. The molecule has 90 valence electrons. The Morgan fingerprint density at radius 2 is 2.29 bits per heavy atom. The van der Waals surface area contributed by atoms with Crippen LogP contribution in [0, 0.1) is 5.82 Å². The molecule has 0 fully saturated rings. The summed E-state index contributed by atoms with van der Waals surface area (Å²) in [5, 5.41) is 1.99. The van der Waals surface area contributed by atoms with Crippen LogP contribution in [0.15, 0.2) is 23.7 Å². The van der Waals surface area contributed by atoms with Crippen molar-refractivity contribution >= 4 is 23.1 Å². The molecular weight excluding hydrogens is 239 g/mol. The van der Waals surface area contributed by atoms with E-state index in [9.17, 15) is 4.39 Å². The van der Waals surface area contributed by atoms with Crippen LogP contribution < -0.4 is 10.6 Å². The van der Waals surface area contributed by atoms with Gasteiger partial charge in [-0.25, -0.2) is 9.37 Å². The largest absolute Gasteiger partial charge is 0.368 e. The first-order valence-electron chi connectivity index (χ1n) is 5.14. The Labute approximate surface area is 103 Å². The van der Waals surface area contributed by atoms with Gasteiger partial charge in [0.15, 0.2) is 11.6 Å². The Kier molecular flexibility index (Phi) is 3.23. The van der Waals surface area contributed by atoms with Gasteiger partial charge in [0.25, 0.3) is 0 Å². The van der Waals surface area contributed by atoms with E-state index < -0.39 is 5.82 Å². The lowest BCUT2D eigenvalue weighted by atomic mass is 10.2. The zero-order valence-electron chi connectivity index (χ0n) is 9.59. The van der Waals surface area contributed by atoms with Gasteiger partial charge in [-0.15, -0.1) is 11.3 Å². The molecule has 4 nitrogen and oxygen atoms in total. The maximum Gasteiger partial charge on any atom is 0.222 e. The van der Waals surface area contributed by atoms with E-state index in [4.69, 9.17) is 5.73 Å². The van der Waals surface area contributed by atoms with Gasteiger partial charge >= 0.3 is 0 Å². The summed E-state index contributed by atoms with van der Waals surface area (Å²) in [6.07, 6.45) is 1.09. The van der Waals surface area contributed by atoms with Crippen LogP contribution in [0.5, 0.6) is 0 Å². The Morgan fingerprint density at radius 1 is 1.53 bits per heavy atom. The highest BCUT2D eigenvalue weighted by molar-refractivity contribution is 7.10. The lowest BCUT2D eigenvalue weighted by Crippen LogP contribution is -2.23. The first kappa shape index (κ1) is 11.8. The SMILES string of the molecule is CC(c1cccs1)N(C)c1nc(N)ncc1F. The maximum absolute atomic E-state index is 13.6. The first-order valence-corrected chi connectivity index (χ1v) is 6.02. The topological polar surface area (TPSA) is 55.0 Å². The van der Waals surface area contributed by atoms with Crippen LogP contribution in [0.25, 0.3) is 0 Å². The molecule has 0 radical (unpaired) electrons. The summed E-state index contributed by atoms with van der Waals surface area (Å²) in [5.74, 6) is -0.171. The maximum atomic E-state index is 13.6. The molecule has 0 aliphatic carbocycles. The highest BCUT2D eigenvalue weighted by Gasteiger charge is 2.18. The van der Waals surface area contributed by atoms with Gasteiger partial charge in [-0.05, 0) is 18.4 Å². The second-order valence-electron chi connectivity index (χ2n) is 3.70. The van der Waals surface area contributed by atoms with Crippen LogP contribution in [0.3, 0.4) is 0 Å². The van der Waals surface area contributed by atoms with Crippen LogP contribution in [-0.2, 0) is 0 Å². The predicted molar refractivity (Wildman–Crippen MR) is 67.5 cm³/mol. The van der Waals surface area contributed by atoms with Crippen LogP contribution in [0.2, 0.25) is 0 Å². The van der Waals surface area contributed by atoms with Crippen molar-refractivity contribution in [1.82, 2.24) is 9.97 Å². The molecule has 0 bridgehead atoms. The molecular formula is C11H13FN4S. The number of nitrogen functional groups attached to an aromatic ring is 1. The normalized spacial score (nSPS) is 12.4. The zero-order chi connectivity index (χ0) is 12.4. The van der Waals surface area contributed by atoms with E-state index in [1.165, 1.54) is 0 Å². The van der Waals surface area contributed by atoms with Crippen LogP contribution >= 0.6 is 11.3 Å². The smallest absolute Gasteiger partial charge is 0.222 e. The second-order valence-corrected chi connectivity index (χ2v) is 4.68. The molecule has 17 heavy (non-hydrogen) atoms. The van der Waals surface area contributed by atoms with Crippen molar-refractivity contribution in [3.8, 4) is 0 Å². The Bertz CT molecular complexity index is 500. The second kappa shape index (κ2) is 4.67. The zero-order valence-corrected chi connectivity index (χ0v) is 10.4. The Morgan fingerprint density at radius 3 is 2.94 bits per heavy atom. The molecule has 2 N–H and O–H groups in total. The van der Waals surface area contributed by atoms with Crippen molar-refractivity contribution in [2.45, 2.75) is 13.0 Å². The number of rotatable bonds is 3. The van der Waals surface area contributed by atoms with Gasteiger partial charge in [0.2, 0.25) is 5.95 Å². The third-order valence-corrected chi connectivity index (χ3v) is 3.66. The average Bonchev–Trinajstić information content (AvgIpc) is 2.84. The fourth-order valence-corrected chi connectivity index (χ4v) is 2.35. The monoisotopic (exact) mass is 252 g/mol. The molecule has 1 unspecified atom stereocenters. The molecule has 0 spiro atoms. The molecule has 0 saturated heterocycles. The van der Waals surface area contributed by atoms with Gasteiger partial charge in [0, 0.05) is 11.9 Å². The van der Waals surface area contributed by atoms with E-state index in [1.807, 2.05) is 24.4 Å². The lowest BCUT2D eigenvalue weighted by Gasteiger charge is -2.25. The van der Waals surface area contributed by atoms with Crippen molar-refractivity contribution in [3.05, 3.63) is 34.4 Å². The molecule has 6 heteroatoms. The van der Waals surface area contributed by atoms with E-state index in [0.717, 1.165) is 11.1 Å². The van der Waals surface area contributed by atoms with Gasteiger partial charge in [-0.1, -0.05) is 6.07 Å². The number of thiophene rings is 1. The molecule has 0 aromatic carbocycles. The number of hydrogen-bond acceptors (Lipinski definition) is 5. The molecule has 0 aliphatic heterocycles. The molecule has 2 rings (SSSR count). The molecule has 2 aromatic heterocycles. The summed E-state index contributed by atoms with van der Waals surface area (Å²) in [4.78, 5) is 10.4. The minimum absolute atomic E-state index is 0.0406. The van der Waals surface area contributed by atoms with Gasteiger partial charge in [0.1, 0.15) is 0 Å². The number of halogens is 1. The lowest BCUT2D eigenvalue weighted by molar-refractivity contribution is 0.598. The standard InChI is InChI=1S/C11H13FN4S/c1-7(9-4-3-5-17-9)16(2)10-8(12)6-14-11(13)15-10/h3-7H,1-2H3,(H2,13,14,15). The molecule has 0 saturated carbocycles. The average molecular weight is 252 g/mol. The highest BCUT2D eigenvalue weighted by Crippen LogP contribution is 2.28. The minimum Gasteiger partial charge on any atom is -0.368 e. The molecule has 2 heterocycles. The molecule has 0 aliphatic rings. The predicted octanol–water partition coefficient (Wildman–Crippen LogP) is 2.46. The van der Waals surface area contributed by atoms with Crippen LogP contribution in [0.1, 0.15) is 17.8 Å². The number of aromatic nitrogens is 2. The number of nitrogens with zero attached hydrogens (tertiary/aromatic N) is 3. The van der Waals surface area contributed by atoms with Crippen LogP contribution in [-0.4, -0.2) is 17.0 Å². The summed E-state index contributed by atoms with van der Waals surface area (Å²) in [5.41, 5.74) is 5.47. The van der Waals surface area contributed by atoms with E-state index in [0.29, 0.717) is 0 Å². The van der Waals surface area contributed by atoms with Gasteiger partial charge in [-0.3, -0.25) is 0 Å². The number of anilines is 2. The first-order chi connectivity index (χ1) is 8.09. The summed E-state index contributed by atoms with van der Waals surface area (Å²) in [6, 6.07) is 4.02. The molecule has 1 atom stereocenters.